The Morgan fingerprint density at radius 2 is 2.24 bits per heavy atom. The predicted octanol–water partition coefficient (Wildman–Crippen LogP) is 1.66. The molecule has 0 atom stereocenters. The lowest BCUT2D eigenvalue weighted by Gasteiger charge is -2.02. The van der Waals surface area contributed by atoms with Crippen LogP contribution in [0.15, 0.2) is 24.3 Å². The molecule has 0 fully saturated rings. The Kier molecular flexibility index (Phi) is 4.36. The van der Waals surface area contributed by atoms with E-state index in [1.165, 1.54) is 24.3 Å². The van der Waals surface area contributed by atoms with E-state index in [9.17, 15) is 14.9 Å². The van der Waals surface area contributed by atoms with E-state index in [1.807, 2.05) is 0 Å². The molecule has 90 valence electrons. The van der Waals surface area contributed by atoms with Gasteiger partial charge >= 0.3 is 5.97 Å². The van der Waals surface area contributed by atoms with Crippen molar-refractivity contribution in [1.29, 1.82) is 0 Å². The summed E-state index contributed by atoms with van der Waals surface area (Å²) in [5, 5.41) is 19.7. The minimum Gasteiger partial charge on any atom is -0.478 e. The molecule has 3 N–H and O–H groups in total. The minimum atomic E-state index is -1.19. The van der Waals surface area contributed by atoms with E-state index in [0.29, 0.717) is 13.0 Å². The van der Waals surface area contributed by atoms with Crippen LogP contribution in [0, 0.1) is 10.1 Å². The summed E-state index contributed by atoms with van der Waals surface area (Å²) in [6.45, 7) is 0.402. The number of hydrogen-bond donors (Lipinski definition) is 2. The number of nitrogens with two attached hydrogens (primary N) is 1. The molecule has 0 bridgehead atoms. The molecule has 0 spiro atoms. The van der Waals surface area contributed by atoms with Crippen LogP contribution in [-0.2, 0) is 0 Å². The number of hydrogen-bond acceptors (Lipinski definition) is 4. The van der Waals surface area contributed by atoms with Crippen molar-refractivity contribution >= 4 is 17.7 Å². The van der Waals surface area contributed by atoms with Crippen LogP contribution in [0.1, 0.15) is 22.3 Å². The van der Waals surface area contributed by atoms with Gasteiger partial charge in [0.25, 0.3) is 5.69 Å². The van der Waals surface area contributed by atoms with E-state index in [0.717, 1.165) is 0 Å². The van der Waals surface area contributed by atoms with Gasteiger partial charge in [0.1, 0.15) is 0 Å². The molecule has 0 aliphatic heterocycles. The van der Waals surface area contributed by atoms with Gasteiger partial charge in [-0.25, -0.2) is 4.79 Å². The van der Waals surface area contributed by atoms with Crippen molar-refractivity contribution in [3.63, 3.8) is 0 Å². The predicted molar refractivity (Wildman–Crippen MR) is 62.8 cm³/mol. The van der Waals surface area contributed by atoms with Crippen LogP contribution < -0.4 is 5.73 Å². The second-order valence-corrected chi connectivity index (χ2v) is 3.28. The average molecular weight is 236 g/mol. The monoisotopic (exact) mass is 236 g/mol. The average Bonchev–Trinajstić information content (AvgIpc) is 2.28. The number of rotatable bonds is 5. The molecule has 6 nitrogen and oxygen atoms in total. The molecule has 0 heterocycles. The van der Waals surface area contributed by atoms with Gasteiger partial charge in [-0.2, -0.15) is 0 Å². The molecule has 1 aromatic carbocycles. The van der Waals surface area contributed by atoms with Gasteiger partial charge in [0.05, 0.1) is 16.1 Å². The largest absolute Gasteiger partial charge is 0.478 e. The van der Waals surface area contributed by atoms with Crippen molar-refractivity contribution in [2.75, 3.05) is 6.54 Å². The topological polar surface area (TPSA) is 106 Å². The molecule has 0 unspecified atom stereocenters. The van der Waals surface area contributed by atoms with Crippen molar-refractivity contribution < 1.29 is 14.8 Å². The lowest BCUT2D eigenvalue weighted by Crippen LogP contribution is -2.03. The zero-order chi connectivity index (χ0) is 12.8. The summed E-state index contributed by atoms with van der Waals surface area (Å²) in [7, 11) is 0. The highest BCUT2D eigenvalue weighted by atomic mass is 16.6. The summed E-state index contributed by atoms with van der Waals surface area (Å²) in [4.78, 5) is 21.1. The number of carboxylic acid groups (broad SMARTS) is 1. The van der Waals surface area contributed by atoms with E-state index < -0.39 is 10.9 Å². The van der Waals surface area contributed by atoms with E-state index in [-0.39, 0.29) is 16.8 Å². The smallest absolute Gasteiger partial charge is 0.336 e. The normalized spacial score (nSPS) is 10.6. The van der Waals surface area contributed by atoms with E-state index >= 15 is 0 Å². The molecule has 0 radical (unpaired) electrons. The Hall–Kier alpha value is -2.21. The first-order valence-electron chi connectivity index (χ1n) is 4.95. The van der Waals surface area contributed by atoms with Crippen molar-refractivity contribution in [1.82, 2.24) is 0 Å². The highest BCUT2D eigenvalue weighted by molar-refractivity contribution is 5.94. The van der Waals surface area contributed by atoms with Gasteiger partial charge in [0, 0.05) is 6.07 Å². The third-order valence-corrected chi connectivity index (χ3v) is 2.13. The van der Waals surface area contributed by atoms with Crippen LogP contribution in [0.3, 0.4) is 0 Å². The van der Waals surface area contributed by atoms with Gasteiger partial charge in [-0.3, -0.25) is 10.1 Å². The fourth-order valence-electron chi connectivity index (χ4n) is 1.37. The van der Waals surface area contributed by atoms with Crippen LogP contribution >= 0.6 is 0 Å². The number of carboxylic acids is 1. The summed E-state index contributed by atoms with van der Waals surface area (Å²) in [5.41, 5.74) is 5.07. The van der Waals surface area contributed by atoms with Gasteiger partial charge in [0.2, 0.25) is 0 Å². The zero-order valence-corrected chi connectivity index (χ0v) is 9.00. The third-order valence-electron chi connectivity index (χ3n) is 2.13. The molecule has 1 rings (SSSR count). The van der Waals surface area contributed by atoms with Crippen LogP contribution in [0.4, 0.5) is 5.69 Å². The van der Waals surface area contributed by atoms with Gasteiger partial charge in [-0.05, 0) is 19.0 Å². The second-order valence-electron chi connectivity index (χ2n) is 3.28. The Balaban J connectivity index is 3.28. The number of nitro benzene ring substituents is 1. The Bertz CT molecular complexity index is 436. The summed E-state index contributed by atoms with van der Waals surface area (Å²) in [6.07, 6.45) is 3.58. The lowest BCUT2D eigenvalue weighted by atomic mass is 10.0. The Morgan fingerprint density at radius 1 is 1.53 bits per heavy atom. The molecule has 0 aromatic heterocycles. The summed E-state index contributed by atoms with van der Waals surface area (Å²) in [5.74, 6) is -1.19. The number of nitrogens with zero attached hydrogens (tertiary/aromatic N) is 1. The summed E-state index contributed by atoms with van der Waals surface area (Å²) >= 11 is 0. The number of benzene rings is 1. The van der Waals surface area contributed by atoms with Gasteiger partial charge in [-0.15, -0.1) is 0 Å². The first-order valence-corrected chi connectivity index (χ1v) is 4.95. The van der Waals surface area contributed by atoms with Gasteiger partial charge in [-0.1, -0.05) is 18.2 Å². The quantitative estimate of drug-likeness (QED) is 0.597. The number of carbonyl (C=O) groups is 1. The third kappa shape index (κ3) is 3.12. The van der Waals surface area contributed by atoms with Crippen LogP contribution in [0.2, 0.25) is 0 Å². The maximum atomic E-state index is 10.9. The molecule has 17 heavy (non-hydrogen) atoms. The van der Waals surface area contributed by atoms with Crippen LogP contribution in [0.25, 0.3) is 6.08 Å². The Labute approximate surface area is 97.5 Å². The maximum Gasteiger partial charge on any atom is 0.336 e. The molecule has 0 saturated heterocycles. The van der Waals surface area contributed by atoms with Crippen molar-refractivity contribution in [3.05, 3.63) is 45.5 Å². The summed E-state index contributed by atoms with van der Waals surface area (Å²) in [6, 6.07) is 3.95. The van der Waals surface area contributed by atoms with Crippen molar-refractivity contribution in [2.24, 2.45) is 5.73 Å². The van der Waals surface area contributed by atoms with Gasteiger partial charge < -0.3 is 10.8 Å². The fraction of sp³-hybridized carbons (Fsp3) is 0.182. The standard InChI is InChI=1S/C11H12N2O4/c12-7-2-1-4-8-9(11(14)15)5-3-6-10(8)13(16)17/h1,3-6H,2,7,12H2,(H,14,15). The van der Waals surface area contributed by atoms with Crippen molar-refractivity contribution in [2.45, 2.75) is 6.42 Å². The van der Waals surface area contributed by atoms with Crippen LogP contribution in [-0.4, -0.2) is 22.5 Å². The molecule has 0 saturated carbocycles. The molecule has 0 amide bonds. The molecule has 1 aromatic rings. The van der Waals surface area contributed by atoms with Gasteiger partial charge in [0.15, 0.2) is 0 Å². The second kappa shape index (κ2) is 5.76. The zero-order valence-electron chi connectivity index (χ0n) is 9.00. The highest BCUT2D eigenvalue weighted by Gasteiger charge is 2.18. The SMILES string of the molecule is NCCC=Cc1c(C(=O)O)cccc1[N+](=O)[O-]. The lowest BCUT2D eigenvalue weighted by molar-refractivity contribution is -0.385. The molecule has 6 heteroatoms. The van der Waals surface area contributed by atoms with E-state index in [4.69, 9.17) is 10.8 Å². The summed E-state index contributed by atoms with van der Waals surface area (Å²) < 4.78 is 0. The number of aromatic carboxylic acids is 1. The minimum absolute atomic E-state index is 0.0903. The maximum absolute atomic E-state index is 10.9. The molecule has 0 aliphatic rings. The molecular formula is C11H12N2O4. The van der Waals surface area contributed by atoms with E-state index in [2.05, 4.69) is 0 Å². The van der Waals surface area contributed by atoms with E-state index in [1.54, 1.807) is 6.08 Å². The first-order chi connectivity index (χ1) is 8.07. The highest BCUT2D eigenvalue weighted by Crippen LogP contribution is 2.24. The number of nitro groups is 1. The molecular weight excluding hydrogens is 224 g/mol. The Morgan fingerprint density at radius 3 is 2.76 bits per heavy atom. The first kappa shape index (κ1) is 12.9. The van der Waals surface area contributed by atoms with Crippen LogP contribution in [0.5, 0.6) is 0 Å². The fourth-order valence-corrected chi connectivity index (χ4v) is 1.37. The van der Waals surface area contributed by atoms with Crippen molar-refractivity contribution in [3.8, 4) is 0 Å². The molecule has 0 aliphatic carbocycles.